The summed E-state index contributed by atoms with van der Waals surface area (Å²) in [6.45, 7) is 11.6. The van der Waals surface area contributed by atoms with E-state index in [2.05, 4.69) is 45.7 Å². The van der Waals surface area contributed by atoms with Crippen LogP contribution >= 0.6 is 11.6 Å². The molecule has 0 fully saturated rings. The third kappa shape index (κ3) is 2.59. The van der Waals surface area contributed by atoms with Gasteiger partial charge < -0.3 is 14.0 Å². The minimum atomic E-state index is -0.0829. The van der Waals surface area contributed by atoms with E-state index in [1.54, 1.807) is 7.11 Å². The molecular weight excluding hydrogens is 346 g/mol. The fraction of sp³-hybridized carbons (Fsp3) is 0.545. The molecule has 1 spiro atoms. The number of aryl methyl sites for hydroxylation is 1. The lowest BCUT2D eigenvalue weighted by Gasteiger charge is -2.37. The highest BCUT2D eigenvalue weighted by Gasteiger charge is 2.55. The van der Waals surface area contributed by atoms with Crippen molar-refractivity contribution in [3.8, 4) is 11.5 Å². The van der Waals surface area contributed by atoms with Crippen LogP contribution in [0.15, 0.2) is 30.4 Å². The van der Waals surface area contributed by atoms with E-state index in [-0.39, 0.29) is 16.9 Å². The molecule has 1 aromatic rings. The highest BCUT2D eigenvalue weighted by molar-refractivity contribution is 6.21. The van der Waals surface area contributed by atoms with Gasteiger partial charge >= 0.3 is 0 Å². The van der Waals surface area contributed by atoms with E-state index in [9.17, 15) is 0 Å². The second-order valence-electron chi connectivity index (χ2n) is 8.70. The molecule has 3 unspecified atom stereocenters. The predicted molar refractivity (Wildman–Crippen MR) is 106 cm³/mol. The summed E-state index contributed by atoms with van der Waals surface area (Å²) in [5.41, 5.74) is 5.21. The smallest absolute Gasteiger partial charge is 0.166 e. The molecule has 4 atom stereocenters. The highest BCUT2D eigenvalue weighted by atomic mass is 35.5. The molecule has 1 aromatic carbocycles. The third-order valence-corrected chi connectivity index (χ3v) is 6.72. The Morgan fingerprint density at radius 3 is 2.96 bits per heavy atom. The van der Waals surface area contributed by atoms with Crippen molar-refractivity contribution in [3.63, 3.8) is 0 Å². The van der Waals surface area contributed by atoms with Gasteiger partial charge in [0.05, 0.1) is 38.0 Å². The van der Waals surface area contributed by atoms with Crippen molar-refractivity contribution in [1.29, 1.82) is 0 Å². The zero-order valence-electron chi connectivity index (χ0n) is 16.3. The van der Waals surface area contributed by atoms with Crippen LogP contribution in [0.2, 0.25) is 0 Å². The van der Waals surface area contributed by atoms with Crippen molar-refractivity contribution in [2.75, 3.05) is 27.2 Å². The number of benzene rings is 1. The number of rotatable bonds is 3. The number of alkyl halides is 1. The molecule has 4 heteroatoms. The molecular formula is C22H29ClNO2+. The minimum absolute atomic E-state index is 0.0371. The van der Waals surface area contributed by atoms with E-state index in [4.69, 9.17) is 21.1 Å². The van der Waals surface area contributed by atoms with Crippen LogP contribution in [0.25, 0.3) is 0 Å². The van der Waals surface area contributed by atoms with Gasteiger partial charge in [-0.25, -0.2) is 0 Å². The third-order valence-electron chi connectivity index (χ3n) is 6.39. The normalized spacial score (nSPS) is 34.5. The summed E-state index contributed by atoms with van der Waals surface area (Å²) in [6.07, 6.45) is 6.51. The van der Waals surface area contributed by atoms with Crippen LogP contribution in [0.1, 0.15) is 36.5 Å². The van der Waals surface area contributed by atoms with Crippen LogP contribution in [0.3, 0.4) is 0 Å². The number of likely N-dealkylation sites (N-methyl/N-ethyl adjacent to an activating group) is 1. The second-order valence-corrected chi connectivity index (χ2v) is 9.26. The summed E-state index contributed by atoms with van der Waals surface area (Å²) in [7, 11) is 4.09. The summed E-state index contributed by atoms with van der Waals surface area (Å²) in [4.78, 5) is 0. The maximum absolute atomic E-state index is 6.49. The zero-order valence-corrected chi connectivity index (χ0v) is 17.0. The summed E-state index contributed by atoms with van der Waals surface area (Å²) in [5, 5.41) is 0.0371. The fourth-order valence-corrected chi connectivity index (χ4v) is 5.49. The predicted octanol–water partition coefficient (Wildman–Crippen LogP) is 4.50. The molecule has 0 saturated heterocycles. The van der Waals surface area contributed by atoms with Gasteiger partial charge in [0.2, 0.25) is 0 Å². The average Bonchev–Trinajstić information content (AvgIpc) is 2.82. The highest BCUT2D eigenvalue weighted by Crippen LogP contribution is 2.57. The van der Waals surface area contributed by atoms with Gasteiger partial charge in [-0.1, -0.05) is 18.7 Å². The monoisotopic (exact) mass is 374 g/mol. The quantitative estimate of drug-likeness (QED) is 0.440. The second kappa shape index (κ2) is 6.03. The summed E-state index contributed by atoms with van der Waals surface area (Å²) >= 11 is 6.46. The lowest BCUT2D eigenvalue weighted by atomic mass is 9.69. The molecule has 0 amide bonds. The fourth-order valence-electron chi connectivity index (χ4n) is 5.26. The Bertz CT molecular complexity index is 802. The molecule has 26 heavy (non-hydrogen) atoms. The van der Waals surface area contributed by atoms with E-state index in [1.165, 1.54) is 22.3 Å². The first-order valence-electron chi connectivity index (χ1n) is 9.47. The lowest BCUT2D eigenvalue weighted by molar-refractivity contribution is -0.918. The Morgan fingerprint density at radius 2 is 2.27 bits per heavy atom. The Balaban J connectivity index is 1.93. The van der Waals surface area contributed by atoms with Gasteiger partial charge in [0.1, 0.15) is 12.6 Å². The van der Waals surface area contributed by atoms with E-state index in [0.29, 0.717) is 0 Å². The molecule has 0 bridgehead atoms. The largest absolute Gasteiger partial charge is 0.493 e. The van der Waals surface area contributed by atoms with Gasteiger partial charge in [-0.15, -0.1) is 11.6 Å². The standard InChI is InChI=1S/C22H29ClNO2/c1-14(2)12-24(4)9-8-22-7-6-16(23)11-19(22)26-21-18(25-5)10-15(3)17(13-24)20(21)22/h6-7,10,16,19H,1,8-9,11-13H2,2-5H3/q+1/t16-,19?,22?,24?/m0/s1. The van der Waals surface area contributed by atoms with Gasteiger partial charge in [0, 0.05) is 24.0 Å². The van der Waals surface area contributed by atoms with Crippen LogP contribution in [0.5, 0.6) is 11.5 Å². The number of allylic oxidation sites excluding steroid dienone is 1. The molecule has 2 aliphatic heterocycles. The molecule has 140 valence electrons. The van der Waals surface area contributed by atoms with Gasteiger partial charge in [-0.3, -0.25) is 0 Å². The topological polar surface area (TPSA) is 18.5 Å². The number of hydrogen-bond donors (Lipinski definition) is 0. The maximum atomic E-state index is 6.49. The Labute approximate surface area is 161 Å². The molecule has 3 nitrogen and oxygen atoms in total. The number of hydrogen-bond acceptors (Lipinski definition) is 2. The van der Waals surface area contributed by atoms with E-state index >= 15 is 0 Å². The van der Waals surface area contributed by atoms with Crippen molar-refractivity contribution in [2.24, 2.45) is 0 Å². The van der Waals surface area contributed by atoms with Gasteiger partial charge in [-0.05, 0) is 31.1 Å². The summed E-state index contributed by atoms with van der Waals surface area (Å²) in [5.74, 6) is 1.79. The maximum Gasteiger partial charge on any atom is 0.166 e. The number of nitrogens with zero attached hydrogens (tertiary/aromatic N) is 1. The van der Waals surface area contributed by atoms with E-state index < -0.39 is 0 Å². The van der Waals surface area contributed by atoms with E-state index in [1.807, 2.05) is 0 Å². The Hall–Kier alpha value is -1.45. The first-order valence-corrected chi connectivity index (χ1v) is 9.90. The number of methoxy groups -OCH3 is 1. The Morgan fingerprint density at radius 1 is 1.50 bits per heavy atom. The SMILES string of the molecule is C=C(C)C[N+]1(C)CCC23C=C[C@H](Cl)CC2Oc2c(OC)cc(C)c(c23)C1. The van der Waals surface area contributed by atoms with Gasteiger partial charge in [0.15, 0.2) is 11.5 Å². The van der Waals surface area contributed by atoms with Crippen LogP contribution in [-0.2, 0) is 12.0 Å². The van der Waals surface area contributed by atoms with Crippen molar-refractivity contribution in [1.82, 2.24) is 0 Å². The first kappa shape index (κ1) is 17.9. The van der Waals surface area contributed by atoms with Crippen LogP contribution < -0.4 is 9.47 Å². The number of halogens is 1. The van der Waals surface area contributed by atoms with Crippen molar-refractivity contribution in [2.45, 2.75) is 50.1 Å². The zero-order chi connectivity index (χ0) is 18.7. The molecule has 0 aromatic heterocycles. The molecule has 3 aliphatic rings. The summed E-state index contributed by atoms with van der Waals surface area (Å²) < 4.78 is 13.2. The molecule has 1 aliphatic carbocycles. The van der Waals surface area contributed by atoms with Crippen molar-refractivity contribution >= 4 is 11.6 Å². The molecule has 0 saturated carbocycles. The molecule has 0 N–H and O–H groups in total. The molecule has 0 radical (unpaired) electrons. The minimum Gasteiger partial charge on any atom is -0.493 e. The van der Waals surface area contributed by atoms with Crippen LogP contribution in [0.4, 0.5) is 0 Å². The van der Waals surface area contributed by atoms with Crippen LogP contribution in [-0.4, -0.2) is 43.2 Å². The molecule has 2 heterocycles. The summed E-state index contributed by atoms with van der Waals surface area (Å²) in [6, 6.07) is 2.14. The van der Waals surface area contributed by atoms with Crippen LogP contribution in [0, 0.1) is 6.92 Å². The van der Waals surface area contributed by atoms with Gasteiger partial charge in [-0.2, -0.15) is 0 Å². The number of ether oxygens (including phenoxy) is 2. The Kier molecular flexibility index (Phi) is 4.16. The lowest BCUT2D eigenvalue weighted by Crippen LogP contribution is -2.47. The van der Waals surface area contributed by atoms with Crippen molar-refractivity contribution in [3.05, 3.63) is 47.1 Å². The average molecular weight is 375 g/mol. The molecule has 4 rings (SSSR count). The number of quaternary nitrogens is 1. The van der Waals surface area contributed by atoms with Gasteiger partial charge in [0.25, 0.3) is 0 Å². The van der Waals surface area contributed by atoms with E-state index in [0.717, 1.165) is 48.5 Å². The first-order chi connectivity index (χ1) is 12.3. The van der Waals surface area contributed by atoms with Crippen molar-refractivity contribution < 1.29 is 14.0 Å².